The van der Waals surface area contributed by atoms with Crippen molar-refractivity contribution in [3.05, 3.63) is 58.1 Å². The lowest BCUT2D eigenvalue weighted by Gasteiger charge is -2.09. The van der Waals surface area contributed by atoms with Crippen LogP contribution >= 0.6 is 11.6 Å². The minimum atomic E-state index is 0.866. The van der Waals surface area contributed by atoms with Crippen molar-refractivity contribution in [2.24, 2.45) is 0 Å². The molecule has 0 aliphatic carbocycles. The molecule has 1 heteroatoms. The Balaban J connectivity index is 2.50. The van der Waals surface area contributed by atoms with Gasteiger partial charge in [0, 0.05) is 5.02 Å². The third kappa shape index (κ3) is 2.53. The van der Waals surface area contributed by atoms with Gasteiger partial charge in [-0.3, -0.25) is 0 Å². The zero-order chi connectivity index (χ0) is 12.4. The van der Waals surface area contributed by atoms with Crippen LogP contribution in [0.3, 0.4) is 0 Å². The van der Waals surface area contributed by atoms with Crippen molar-refractivity contribution in [2.75, 3.05) is 0 Å². The van der Waals surface area contributed by atoms with E-state index in [4.69, 9.17) is 11.6 Å². The summed E-state index contributed by atoms with van der Waals surface area (Å²) in [6.07, 6.45) is 0.978. The summed E-state index contributed by atoms with van der Waals surface area (Å²) in [5.41, 5.74) is 6.26. The third-order valence-electron chi connectivity index (χ3n) is 3.13. The number of hydrogen-bond donors (Lipinski definition) is 0. The van der Waals surface area contributed by atoms with Crippen molar-refractivity contribution in [3.8, 4) is 11.1 Å². The number of halogens is 1. The molecule has 0 radical (unpaired) electrons. The predicted molar refractivity (Wildman–Crippen MR) is 75.7 cm³/mol. The highest BCUT2D eigenvalue weighted by molar-refractivity contribution is 6.31. The topological polar surface area (TPSA) is 0 Å². The zero-order valence-corrected chi connectivity index (χ0v) is 11.3. The summed E-state index contributed by atoms with van der Waals surface area (Å²) in [4.78, 5) is 0. The highest BCUT2D eigenvalue weighted by atomic mass is 35.5. The molecule has 0 nitrogen and oxygen atoms in total. The molecule has 0 aromatic heterocycles. The van der Waals surface area contributed by atoms with Crippen LogP contribution in [0.4, 0.5) is 0 Å². The van der Waals surface area contributed by atoms with Crippen LogP contribution in [0.25, 0.3) is 11.1 Å². The van der Waals surface area contributed by atoms with Crippen LogP contribution in [-0.4, -0.2) is 0 Å². The first-order valence-electron chi connectivity index (χ1n) is 5.98. The van der Waals surface area contributed by atoms with Gasteiger partial charge in [-0.2, -0.15) is 0 Å². The monoisotopic (exact) mass is 244 g/mol. The van der Waals surface area contributed by atoms with E-state index in [0.29, 0.717) is 0 Å². The largest absolute Gasteiger partial charge is 0.0840 e. The van der Waals surface area contributed by atoms with Crippen LogP contribution in [0.1, 0.15) is 23.6 Å². The third-order valence-corrected chi connectivity index (χ3v) is 3.48. The summed E-state index contributed by atoms with van der Waals surface area (Å²) in [5.74, 6) is 0. The SMILES string of the molecule is CCc1ccc(-c2ccc(C)cc2C)cc1Cl. The van der Waals surface area contributed by atoms with E-state index in [9.17, 15) is 0 Å². The fraction of sp³-hybridized carbons (Fsp3) is 0.250. The van der Waals surface area contributed by atoms with Crippen molar-refractivity contribution in [1.29, 1.82) is 0 Å². The quantitative estimate of drug-likeness (QED) is 0.682. The van der Waals surface area contributed by atoms with E-state index in [1.54, 1.807) is 0 Å². The fourth-order valence-corrected chi connectivity index (χ4v) is 2.45. The summed E-state index contributed by atoms with van der Waals surface area (Å²) in [5, 5.41) is 0.866. The molecule has 2 rings (SSSR count). The normalized spacial score (nSPS) is 10.6. The molecule has 0 bridgehead atoms. The number of benzene rings is 2. The Hall–Kier alpha value is -1.27. The molecule has 2 aromatic rings. The second-order valence-corrected chi connectivity index (χ2v) is 4.89. The van der Waals surface area contributed by atoms with Gasteiger partial charge in [-0.1, -0.05) is 54.4 Å². The Morgan fingerprint density at radius 3 is 2.35 bits per heavy atom. The summed E-state index contributed by atoms with van der Waals surface area (Å²) in [6, 6.07) is 12.9. The number of hydrogen-bond acceptors (Lipinski definition) is 0. The predicted octanol–water partition coefficient (Wildman–Crippen LogP) is 5.19. The highest BCUT2D eigenvalue weighted by Crippen LogP contribution is 2.28. The smallest absolute Gasteiger partial charge is 0.0444 e. The van der Waals surface area contributed by atoms with E-state index >= 15 is 0 Å². The van der Waals surface area contributed by atoms with Crippen molar-refractivity contribution in [1.82, 2.24) is 0 Å². The molecule has 0 heterocycles. The van der Waals surface area contributed by atoms with Gasteiger partial charge in [-0.25, -0.2) is 0 Å². The number of aryl methyl sites for hydroxylation is 3. The van der Waals surface area contributed by atoms with E-state index in [-0.39, 0.29) is 0 Å². The van der Waals surface area contributed by atoms with E-state index in [1.165, 1.54) is 27.8 Å². The summed E-state index contributed by atoms with van der Waals surface area (Å²) >= 11 is 6.26. The maximum Gasteiger partial charge on any atom is 0.0444 e. The Morgan fingerprint density at radius 1 is 1.00 bits per heavy atom. The molecule has 0 spiro atoms. The lowest BCUT2D eigenvalue weighted by molar-refractivity contribution is 1.14. The maximum absolute atomic E-state index is 6.26. The van der Waals surface area contributed by atoms with E-state index in [0.717, 1.165) is 11.4 Å². The van der Waals surface area contributed by atoms with Crippen molar-refractivity contribution >= 4 is 11.6 Å². The summed E-state index contributed by atoms with van der Waals surface area (Å²) in [7, 11) is 0. The molecule has 0 amide bonds. The molecule has 0 atom stereocenters. The van der Waals surface area contributed by atoms with Gasteiger partial charge >= 0.3 is 0 Å². The van der Waals surface area contributed by atoms with Gasteiger partial charge in [0.05, 0.1) is 0 Å². The minimum absolute atomic E-state index is 0.866. The molecule has 0 unspecified atom stereocenters. The lowest BCUT2D eigenvalue weighted by Crippen LogP contribution is -1.87. The molecule has 0 aliphatic rings. The molecule has 2 aromatic carbocycles. The fourth-order valence-electron chi connectivity index (χ4n) is 2.14. The maximum atomic E-state index is 6.26. The van der Waals surface area contributed by atoms with Gasteiger partial charge in [0.1, 0.15) is 0 Å². The standard InChI is InChI=1S/C16H17Cl/c1-4-13-6-7-14(10-16(13)17)15-8-5-11(2)9-12(15)3/h5-10H,4H2,1-3H3. The Morgan fingerprint density at radius 2 is 1.76 bits per heavy atom. The van der Waals surface area contributed by atoms with Gasteiger partial charge in [0.2, 0.25) is 0 Å². The van der Waals surface area contributed by atoms with Crippen molar-refractivity contribution < 1.29 is 0 Å². The molecule has 17 heavy (non-hydrogen) atoms. The first kappa shape index (κ1) is 12.2. The average molecular weight is 245 g/mol. The molecule has 0 saturated heterocycles. The van der Waals surface area contributed by atoms with E-state index in [1.807, 2.05) is 0 Å². The van der Waals surface area contributed by atoms with Gasteiger partial charge in [0.25, 0.3) is 0 Å². The molecular formula is C16H17Cl. The second kappa shape index (κ2) is 4.93. The molecule has 0 N–H and O–H groups in total. The number of rotatable bonds is 2. The lowest BCUT2D eigenvalue weighted by atomic mass is 9.97. The van der Waals surface area contributed by atoms with Crippen LogP contribution in [-0.2, 0) is 6.42 Å². The molecular weight excluding hydrogens is 228 g/mol. The summed E-state index contributed by atoms with van der Waals surface area (Å²) in [6.45, 7) is 6.38. The molecule has 88 valence electrons. The first-order chi connectivity index (χ1) is 8.11. The van der Waals surface area contributed by atoms with E-state index in [2.05, 4.69) is 57.2 Å². The second-order valence-electron chi connectivity index (χ2n) is 4.48. The van der Waals surface area contributed by atoms with Crippen LogP contribution in [0, 0.1) is 13.8 Å². The minimum Gasteiger partial charge on any atom is -0.0840 e. The zero-order valence-electron chi connectivity index (χ0n) is 10.5. The van der Waals surface area contributed by atoms with Crippen LogP contribution in [0.15, 0.2) is 36.4 Å². The Bertz CT molecular complexity index is 541. The molecule has 0 fully saturated rings. The van der Waals surface area contributed by atoms with Gasteiger partial charge in [-0.05, 0) is 48.6 Å². The van der Waals surface area contributed by atoms with Crippen molar-refractivity contribution in [3.63, 3.8) is 0 Å². The molecule has 0 saturated carbocycles. The highest BCUT2D eigenvalue weighted by Gasteiger charge is 2.05. The van der Waals surface area contributed by atoms with Crippen LogP contribution in [0.2, 0.25) is 5.02 Å². The first-order valence-corrected chi connectivity index (χ1v) is 6.35. The Labute approximate surface area is 108 Å². The average Bonchev–Trinajstić information content (AvgIpc) is 2.29. The van der Waals surface area contributed by atoms with Gasteiger partial charge in [-0.15, -0.1) is 0 Å². The summed E-state index contributed by atoms with van der Waals surface area (Å²) < 4.78 is 0. The van der Waals surface area contributed by atoms with E-state index < -0.39 is 0 Å². The Kier molecular flexibility index (Phi) is 3.54. The van der Waals surface area contributed by atoms with Crippen LogP contribution in [0.5, 0.6) is 0 Å². The molecule has 0 aliphatic heterocycles. The van der Waals surface area contributed by atoms with Crippen LogP contribution < -0.4 is 0 Å². The van der Waals surface area contributed by atoms with Gasteiger partial charge < -0.3 is 0 Å². The van der Waals surface area contributed by atoms with Gasteiger partial charge in [0.15, 0.2) is 0 Å². The van der Waals surface area contributed by atoms with Crippen molar-refractivity contribution in [2.45, 2.75) is 27.2 Å².